The molecule has 0 amide bonds. The molecule has 78 valence electrons. The molecule has 0 heterocycles. The molecule has 0 aliphatic rings. The first-order valence-electron chi connectivity index (χ1n) is 4.03. The van der Waals surface area contributed by atoms with E-state index < -0.39 is 23.3 Å². The number of ketones is 1. The molecule has 0 rings (SSSR count). The first-order valence-corrected chi connectivity index (χ1v) is 4.56. The van der Waals surface area contributed by atoms with Crippen molar-refractivity contribution in [3.05, 3.63) is 0 Å². The molecule has 5 heteroatoms. The van der Waals surface area contributed by atoms with Gasteiger partial charge in [-0.1, -0.05) is 0 Å². The Morgan fingerprint density at radius 2 is 2.00 bits per heavy atom. The van der Waals surface area contributed by atoms with Gasteiger partial charge in [0, 0.05) is 0 Å². The van der Waals surface area contributed by atoms with Gasteiger partial charge < -0.3 is 4.74 Å². The van der Waals surface area contributed by atoms with E-state index in [1.807, 2.05) is 0 Å². The number of carbonyl (C=O) groups is 2. The fraction of sp³-hybridized carbons (Fsp3) is 0.667. The summed E-state index contributed by atoms with van der Waals surface area (Å²) in [5.74, 6) is -3.25. The van der Waals surface area contributed by atoms with Crippen LogP contribution >= 0.6 is 11.6 Å². The van der Waals surface area contributed by atoms with Crippen LogP contribution in [0.25, 0.3) is 0 Å². The van der Waals surface area contributed by atoms with E-state index in [2.05, 4.69) is 0 Å². The fourth-order valence-electron chi connectivity index (χ4n) is 0.694. The molecule has 0 aromatic carbocycles. The van der Waals surface area contributed by atoms with Crippen molar-refractivity contribution in [2.45, 2.75) is 26.4 Å². The third kappa shape index (κ3) is 4.24. The van der Waals surface area contributed by atoms with Crippen LogP contribution in [0.1, 0.15) is 20.8 Å². The van der Waals surface area contributed by atoms with Crippen molar-refractivity contribution in [3.8, 4) is 6.07 Å². The molecule has 1 atom stereocenters. The van der Waals surface area contributed by atoms with Crippen molar-refractivity contribution in [1.29, 1.82) is 5.26 Å². The van der Waals surface area contributed by atoms with Gasteiger partial charge in [0.15, 0.2) is 5.78 Å². The van der Waals surface area contributed by atoms with Gasteiger partial charge in [0.25, 0.3) is 0 Å². The van der Waals surface area contributed by atoms with Gasteiger partial charge in [-0.15, -0.1) is 11.6 Å². The highest BCUT2D eigenvalue weighted by Crippen LogP contribution is 2.12. The Hall–Kier alpha value is -1.08. The second kappa shape index (κ2) is 4.97. The van der Waals surface area contributed by atoms with Crippen LogP contribution in [0.15, 0.2) is 0 Å². The lowest BCUT2D eigenvalue weighted by molar-refractivity contribution is -0.159. The van der Waals surface area contributed by atoms with Crippen molar-refractivity contribution in [3.63, 3.8) is 0 Å². The quantitative estimate of drug-likeness (QED) is 0.406. The number of hydrogen-bond donors (Lipinski definition) is 0. The number of alkyl halides is 1. The van der Waals surface area contributed by atoms with Crippen LogP contribution in [0, 0.1) is 17.2 Å². The zero-order chi connectivity index (χ0) is 11.4. The lowest BCUT2D eigenvalue weighted by Gasteiger charge is -2.20. The van der Waals surface area contributed by atoms with E-state index in [4.69, 9.17) is 21.6 Å². The molecular formula is C9H12ClNO3. The van der Waals surface area contributed by atoms with Crippen LogP contribution in [-0.4, -0.2) is 23.2 Å². The van der Waals surface area contributed by atoms with E-state index in [-0.39, 0.29) is 5.88 Å². The average Bonchev–Trinajstić information content (AvgIpc) is 2.01. The van der Waals surface area contributed by atoms with Crippen molar-refractivity contribution in [1.82, 2.24) is 0 Å². The molecule has 4 nitrogen and oxygen atoms in total. The summed E-state index contributed by atoms with van der Waals surface area (Å²) in [5.41, 5.74) is -0.710. The summed E-state index contributed by atoms with van der Waals surface area (Å²) in [6.45, 7) is 4.97. The van der Waals surface area contributed by atoms with Crippen molar-refractivity contribution < 1.29 is 14.3 Å². The molecule has 0 aromatic heterocycles. The molecule has 0 fully saturated rings. The molecule has 0 aliphatic heterocycles. The maximum absolute atomic E-state index is 11.3. The number of rotatable bonds is 3. The number of nitrogens with zero attached hydrogens (tertiary/aromatic N) is 1. The summed E-state index contributed by atoms with van der Waals surface area (Å²) >= 11 is 5.23. The number of hydrogen-bond acceptors (Lipinski definition) is 4. The van der Waals surface area contributed by atoms with Crippen LogP contribution in [0.2, 0.25) is 0 Å². The third-order valence-corrected chi connectivity index (χ3v) is 1.49. The van der Waals surface area contributed by atoms with Gasteiger partial charge in [0.1, 0.15) is 5.60 Å². The molecule has 0 aromatic rings. The van der Waals surface area contributed by atoms with Gasteiger partial charge in [-0.3, -0.25) is 9.59 Å². The van der Waals surface area contributed by atoms with Gasteiger partial charge in [-0.2, -0.15) is 5.26 Å². The predicted molar refractivity (Wildman–Crippen MR) is 50.7 cm³/mol. The van der Waals surface area contributed by atoms with Crippen LogP contribution in [0.4, 0.5) is 0 Å². The number of Topliss-reactive ketones (excluding diaryl/α,β-unsaturated/α-hetero) is 1. The van der Waals surface area contributed by atoms with E-state index in [1.54, 1.807) is 26.8 Å². The van der Waals surface area contributed by atoms with E-state index in [1.165, 1.54) is 0 Å². The highest BCUT2D eigenvalue weighted by molar-refractivity contribution is 6.29. The Kier molecular flexibility index (Phi) is 4.58. The minimum Gasteiger partial charge on any atom is -0.459 e. The number of halogens is 1. The zero-order valence-electron chi connectivity index (χ0n) is 8.33. The summed E-state index contributed by atoms with van der Waals surface area (Å²) in [6.07, 6.45) is 0. The Balaban J connectivity index is 4.51. The normalized spacial score (nSPS) is 12.8. The van der Waals surface area contributed by atoms with E-state index in [0.29, 0.717) is 0 Å². The topological polar surface area (TPSA) is 67.2 Å². The molecule has 0 saturated carbocycles. The van der Waals surface area contributed by atoms with Crippen LogP contribution in [0.5, 0.6) is 0 Å². The van der Waals surface area contributed by atoms with Gasteiger partial charge in [-0.25, -0.2) is 0 Å². The minimum atomic E-state index is -1.41. The summed E-state index contributed by atoms with van der Waals surface area (Å²) in [7, 11) is 0. The van der Waals surface area contributed by atoms with Crippen molar-refractivity contribution in [2.75, 3.05) is 5.88 Å². The summed E-state index contributed by atoms with van der Waals surface area (Å²) < 4.78 is 4.87. The Bertz CT molecular complexity index is 275. The highest BCUT2D eigenvalue weighted by Gasteiger charge is 2.30. The van der Waals surface area contributed by atoms with Gasteiger partial charge in [0.05, 0.1) is 11.9 Å². The Morgan fingerprint density at radius 1 is 1.50 bits per heavy atom. The van der Waals surface area contributed by atoms with Gasteiger partial charge >= 0.3 is 5.97 Å². The summed E-state index contributed by atoms with van der Waals surface area (Å²) in [6, 6.07) is 1.57. The Labute approximate surface area is 87.8 Å². The first-order chi connectivity index (χ1) is 6.31. The van der Waals surface area contributed by atoms with Crippen LogP contribution in [-0.2, 0) is 14.3 Å². The smallest absolute Gasteiger partial charge is 0.331 e. The lowest BCUT2D eigenvalue weighted by atomic mass is 10.1. The molecule has 0 radical (unpaired) electrons. The number of esters is 1. The minimum absolute atomic E-state index is 0.364. The number of ether oxygens (including phenoxy) is 1. The van der Waals surface area contributed by atoms with Crippen molar-refractivity contribution >= 4 is 23.4 Å². The molecule has 0 spiro atoms. The molecular weight excluding hydrogens is 206 g/mol. The molecule has 0 saturated heterocycles. The zero-order valence-corrected chi connectivity index (χ0v) is 9.09. The van der Waals surface area contributed by atoms with Gasteiger partial charge in [-0.05, 0) is 20.8 Å². The second-order valence-corrected chi connectivity index (χ2v) is 3.96. The molecule has 14 heavy (non-hydrogen) atoms. The SMILES string of the molecule is CC(C)(C)OC(=O)C(C#N)C(=O)CCl. The monoisotopic (exact) mass is 217 g/mol. The lowest BCUT2D eigenvalue weighted by Crippen LogP contribution is -2.32. The largest absolute Gasteiger partial charge is 0.459 e. The van der Waals surface area contributed by atoms with E-state index in [0.717, 1.165) is 0 Å². The number of carbonyl (C=O) groups excluding carboxylic acids is 2. The predicted octanol–water partition coefficient (Wildman–Crippen LogP) is 1.28. The van der Waals surface area contributed by atoms with Crippen molar-refractivity contribution in [2.24, 2.45) is 5.92 Å². The highest BCUT2D eigenvalue weighted by atomic mass is 35.5. The maximum atomic E-state index is 11.3. The average molecular weight is 218 g/mol. The molecule has 0 bridgehead atoms. The third-order valence-electron chi connectivity index (χ3n) is 1.23. The number of nitriles is 1. The standard InChI is InChI=1S/C9H12ClNO3/c1-9(2,3)14-8(13)6(5-11)7(12)4-10/h6H,4H2,1-3H3. The molecule has 1 unspecified atom stereocenters. The van der Waals surface area contributed by atoms with E-state index in [9.17, 15) is 9.59 Å². The van der Waals surface area contributed by atoms with Crippen LogP contribution in [0.3, 0.4) is 0 Å². The molecule has 0 N–H and O–H groups in total. The van der Waals surface area contributed by atoms with Crippen LogP contribution < -0.4 is 0 Å². The summed E-state index contributed by atoms with van der Waals surface area (Å²) in [4.78, 5) is 22.3. The first kappa shape index (κ1) is 12.9. The maximum Gasteiger partial charge on any atom is 0.331 e. The summed E-state index contributed by atoms with van der Waals surface area (Å²) in [5, 5.41) is 8.56. The fourth-order valence-corrected chi connectivity index (χ4v) is 0.848. The van der Waals surface area contributed by atoms with Gasteiger partial charge in [0.2, 0.25) is 5.92 Å². The second-order valence-electron chi connectivity index (χ2n) is 3.70. The Morgan fingerprint density at radius 3 is 2.29 bits per heavy atom. The van der Waals surface area contributed by atoms with E-state index >= 15 is 0 Å². The molecule has 0 aliphatic carbocycles.